The van der Waals surface area contributed by atoms with Crippen molar-refractivity contribution in [1.82, 2.24) is 9.97 Å². The Hall–Kier alpha value is -4.23. The molecule has 2 N–H and O–H groups in total. The number of rotatable bonds is 7. The van der Waals surface area contributed by atoms with Gasteiger partial charge in [-0.05, 0) is 142 Å². The zero-order valence-corrected chi connectivity index (χ0v) is 26.3. The molecule has 7 nitrogen and oxygen atoms in total. The van der Waals surface area contributed by atoms with Gasteiger partial charge < -0.3 is 10.1 Å². The van der Waals surface area contributed by atoms with Crippen LogP contribution in [0.15, 0.2) is 142 Å². The molecule has 0 aliphatic carbocycles. The molecular formula is C33H22I2N6O. The van der Waals surface area contributed by atoms with E-state index in [9.17, 15) is 5.11 Å². The van der Waals surface area contributed by atoms with Gasteiger partial charge in [-0.25, -0.2) is 4.98 Å². The van der Waals surface area contributed by atoms with Crippen LogP contribution in [-0.2, 0) is 0 Å². The first-order valence-electron chi connectivity index (χ1n) is 13.0. The number of nitrogens with zero attached hydrogens (tertiary/aromatic N) is 5. The summed E-state index contributed by atoms with van der Waals surface area (Å²) in [5.41, 5.74) is 7.52. The lowest BCUT2D eigenvalue weighted by atomic mass is 10.0. The van der Waals surface area contributed by atoms with E-state index in [0.29, 0.717) is 5.82 Å². The molecule has 0 saturated carbocycles. The topological polar surface area (TPSA) is 98.3 Å². The predicted molar refractivity (Wildman–Crippen MR) is 183 cm³/mol. The van der Waals surface area contributed by atoms with Crippen molar-refractivity contribution >= 4 is 67.9 Å². The van der Waals surface area contributed by atoms with Crippen LogP contribution >= 0.6 is 45.2 Å². The summed E-state index contributed by atoms with van der Waals surface area (Å²) in [6.45, 7) is 0. The Balaban J connectivity index is 1.31. The van der Waals surface area contributed by atoms with E-state index in [1.807, 2.05) is 109 Å². The number of phenols is 1. The van der Waals surface area contributed by atoms with Gasteiger partial charge in [0.15, 0.2) is 0 Å². The standard InChI is InChI=1S/C33H22I2N6O/c34-24-7-15-28(16-8-24)40-38-26-11-1-21(2-12-26)31-32(37-33(36-31)23-5-19-30(42)20-6-23)22-3-13-27(14-4-22)39-41-29-17-9-25(35)10-18-29/h1-20,42H,(H,36,37). The number of hydrogen-bond donors (Lipinski definition) is 2. The number of hydrogen-bond acceptors (Lipinski definition) is 6. The van der Waals surface area contributed by atoms with Crippen molar-refractivity contribution in [3.05, 3.63) is 128 Å². The van der Waals surface area contributed by atoms with Gasteiger partial charge in [-0.15, -0.1) is 0 Å². The van der Waals surface area contributed by atoms with Crippen molar-refractivity contribution in [3.8, 4) is 39.7 Å². The summed E-state index contributed by atoms with van der Waals surface area (Å²) < 4.78 is 2.30. The molecule has 6 rings (SSSR count). The second-order valence-electron chi connectivity index (χ2n) is 9.30. The normalized spacial score (nSPS) is 11.5. The summed E-state index contributed by atoms with van der Waals surface area (Å²) in [5, 5.41) is 27.2. The third-order valence-corrected chi connectivity index (χ3v) is 7.79. The van der Waals surface area contributed by atoms with E-state index in [4.69, 9.17) is 4.98 Å². The van der Waals surface area contributed by atoms with E-state index in [1.54, 1.807) is 12.1 Å². The van der Waals surface area contributed by atoms with Crippen molar-refractivity contribution in [1.29, 1.82) is 0 Å². The molecule has 0 atom stereocenters. The van der Waals surface area contributed by atoms with Gasteiger partial charge in [0.2, 0.25) is 0 Å². The van der Waals surface area contributed by atoms with Gasteiger partial charge in [0, 0.05) is 23.8 Å². The number of nitrogens with one attached hydrogen (secondary N) is 1. The SMILES string of the molecule is Oc1ccc(-c2nc(-c3ccc(N=Nc4ccc(I)cc4)cc3)c(-c3ccc(N=Nc4ccc(I)cc4)cc3)[nH]2)cc1. The Labute approximate surface area is 269 Å². The molecule has 0 saturated heterocycles. The Bertz CT molecular complexity index is 1750. The van der Waals surface area contributed by atoms with Gasteiger partial charge >= 0.3 is 0 Å². The molecule has 0 unspecified atom stereocenters. The van der Waals surface area contributed by atoms with Crippen LogP contribution in [-0.4, -0.2) is 15.1 Å². The molecule has 5 aromatic carbocycles. The van der Waals surface area contributed by atoms with Gasteiger partial charge in [0.1, 0.15) is 11.6 Å². The second kappa shape index (κ2) is 12.7. The highest BCUT2D eigenvalue weighted by Gasteiger charge is 2.16. The van der Waals surface area contributed by atoms with Crippen LogP contribution in [0.4, 0.5) is 22.7 Å². The molecular weight excluding hydrogens is 750 g/mol. The third kappa shape index (κ3) is 6.80. The molecule has 0 aliphatic heterocycles. The van der Waals surface area contributed by atoms with Crippen LogP contribution in [0.3, 0.4) is 0 Å². The van der Waals surface area contributed by atoms with Crippen molar-refractivity contribution < 1.29 is 5.11 Å². The monoisotopic (exact) mass is 772 g/mol. The van der Waals surface area contributed by atoms with Crippen LogP contribution < -0.4 is 0 Å². The van der Waals surface area contributed by atoms with Gasteiger partial charge in [0.05, 0.1) is 34.1 Å². The number of azo groups is 2. The van der Waals surface area contributed by atoms with Crippen LogP contribution in [0.1, 0.15) is 0 Å². The molecule has 0 radical (unpaired) electrons. The number of imidazole rings is 1. The van der Waals surface area contributed by atoms with E-state index in [1.165, 1.54) is 0 Å². The lowest BCUT2D eigenvalue weighted by Crippen LogP contribution is -1.83. The van der Waals surface area contributed by atoms with Crippen LogP contribution in [0.5, 0.6) is 5.75 Å². The summed E-state index contributed by atoms with van der Waals surface area (Å²) in [6.07, 6.45) is 0. The van der Waals surface area contributed by atoms with Gasteiger partial charge in [0.25, 0.3) is 0 Å². The zero-order chi connectivity index (χ0) is 28.9. The van der Waals surface area contributed by atoms with Crippen molar-refractivity contribution in [3.63, 3.8) is 0 Å². The summed E-state index contributed by atoms with van der Waals surface area (Å²) in [7, 11) is 0. The number of H-pyrrole nitrogens is 1. The first-order chi connectivity index (χ1) is 20.5. The molecule has 6 aromatic rings. The highest BCUT2D eigenvalue weighted by Crippen LogP contribution is 2.35. The maximum absolute atomic E-state index is 9.76. The molecule has 1 aromatic heterocycles. The third-order valence-electron chi connectivity index (χ3n) is 6.36. The summed E-state index contributed by atoms with van der Waals surface area (Å²) in [6, 6.07) is 38.5. The number of halogens is 2. The maximum Gasteiger partial charge on any atom is 0.138 e. The maximum atomic E-state index is 9.76. The Kier molecular flexibility index (Phi) is 8.47. The van der Waals surface area contributed by atoms with E-state index < -0.39 is 0 Å². The molecule has 1 heterocycles. The quantitative estimate of drug-likeness (QED) is 0.125. The fraction of sp³-hybridized carbons (Fsp3) is 0. The highest BCUT2D eigenvalue weighted by atomic mass is 127. The molecule has 0 spiro atoms. The largest absolute Gasteiger partial charge is 0.508 e. The summed E-state index contributed by atoms with van der Waals surface area (Å²) in [5.74, 6) is 0.903. The van der Waals surface area contributed by atoms with Crippen LogP contribution in [0.25, 0.3) is 33.9 Å². The number of aromatic nitrogens is 2. The predicted octanol–water partition coefficient (Wildman–Crippen LogP) is 11.2. The minimum atomic E-state index is 0.204. The Morgan fingerprint density at radius 1 is 0.476 bits per heavy atom. The molecule has 0 fully saturated rings. The average Bonchev–Trinajstić information content (AvgIpc) is 3.47. The van der Waals surface area contributed by atoms with Crippen molar-refractivity contribution in [2.24, 2.45) is 20.5 Å². The van der Waals surface area contributed by atoms with E-state index in [0.717, 1.165) is 58.0 Å². The highest BCUT2D eigenvalue weighted by molar-refractivity contribution is 14.1. The number of aromatic hydroxyl groups is 1. The lowest BCUT2D eigenvalue weighted by molar-refractivity contribution is 0.475. The second-order valence-corrected chi connectivity index (χ2v) is 11.8. The van der Waals surface area contributed by atoms with Gasteiger partial charge in [-0.3, -0.25) is 0 Å². The number of phenolic OH excluding ortho intramolecular Hbond substituents is 1. The first-order valence-corrected chi connectivity index (χ1v) is 15.1. The smallest absolute Gasteiger partial charge is 0.138 e. The van der Waals surface area contributed by atoms with Crippen LogP contribution in [0, 0.1) is 7.14 Å². The molecule has 0 amide bonds. The van der Waals surface area contributed by atoms with E-state index >= 15 is 0 Å². The fourth-order valence-corrected chi connectivity index (χ4v) is 4.89. The fourth-order valence-electron chi connectivity index (χ4n) is 4.17. The molecule has 0 aliphatic rings. The van der Waals surface area contributed by atoms with Crippen LogP contribution in [0.2, 0.25) is 0 Å². The first kappa shape index (κ1) is 27.9. The number of benzene rings is 5. The minimum Gasteiger partial charge on any atom is -0.508 e. The lowest BCUT2D eigenvalue weighted by Gasteiger charge is -2.04. The van der Waals surface area contributed by atoms with Crippen molar-refractivity contribution in [2.45, 2.75) is 0 Å². The molecule has 204 valence electrons. The summed E-state index contributed by atoms with van der Waals surface area (Å²) >= 11 is 4.53. The summed E-state index contributed by atoms with van der Waals surface area (Å²) in [4.78, 5) is 8.45. The Morgan fingerprint density at radius 3 is 1.31 bits per heavy atom. The molecule has 42 heavy (non-hydrogen) atoms. The van der Waals surface area contributed by atoms with E-state index in [-0.39, 0.29) is 5.75 Å². The number of aromatic amines is 1. The van der Waals surface area contributed by atoms with Gasteiger partial charge in [-0.2, -0.15) is 20.5 Å². The minimum absolute atomic E-state index is 0.204. The molecule has 0 bridgehead atoms. The van der Waals surface area contributed by atoms with Gasteiger partial charge in [-0.1, -0.05) is 24.3 Å². The molecule has 9 heteroatoms. The van der Waals surface area contributed by atoms with E-state index in [2.05, 4.69) is 70.6 Å². The Morgan fingerprint density at radius 2 is 0.857 bits per heavy atom. The average molecular weight is 772 g/mol. The zero-order valence-electron chi connectivity index (χ0n) is 22.0. The van der Waals surface area contributed by atoms with Crippen molar-refractivity contribution in [2.75, 3.05) is 0 Å².